The Kier molecular flexibility index (Phi) is 5.30. The molecule has 2 N–H and O–H groups in total. The van der Waals surface area contributed by atoms with Crippen molar-refractivity contribution < 1.29 is 8.78 Å². The summed E-state index contributed by atoms with van der Waals surface area (Å²) in [7, 11) is 0. The van der Waals surface area contributed by atoms with E-state index in [0.717, 1.165) is 29.4 Å². The Labute approximate surface area is 148 Å². The summed E-state index contributed by atoms with van der Waals surface area (Å²) in [5, 5.41) is 7.34. The molecule has 0 radical (unpaired) electrons. The van der Waals surface area contributed by atoms with Gasteiger partial charge in [-0.05, 0) is 48.6 Å². The number of nitrogens with one attached hydrogen (secondary N) is 2. The summed E-state index contributed by atoms with van der Waals surface area (Å²) in [4.78, 5) is 4.14. The van der Waals surface area contributed by atoms with Crippen LogP contribution in [0.4, 0.5) is 20.4 Å². The summed E-state index contributed by atoms with van der Waals surface area (Å²) in [6.45, 7) is 2.75. The molecule has 130 valence electrons. The summed E-state index contributed by atoms with van der Waals surface area (Å²) < 4.78 is 31.2. The molecule has 0 fully saturated rings. The maximum absolute atomic E-state index is 13.3. The van der Waals surface area contributed by atoms with Crippen LogP contribution in [0, 0.1) is 18.6 Å². The molecule has 8 heteroatoms. The third-order valence-corrected chi connectivity index (χ3v) is 3.85. The number of hydrogen-bond acceptors (Lipinski definition) is 5. The fraction of sp³-hybridized carbons (Fsp3) is 0.176. The number of hydrogen-bond donors (Lipinski definition) is 2. The molecular formula is C17H17F2N5S. The van der Waals surface area contributed by atoms with Gasteiger partial charge in [0, 0.05) is 18.3 Å². The molecular weight excluding hydrogens is 344 g/mol. The minimum Gasteiger partial charge on any atom is -0.323 e. The van der Waals surface area contributed by atoms with Crippen molar-refractivity contribution in [2.24, 2.45) is 0 Å². The van der Waals surface area contributed by atoms with E-state index in [0.29, 0.717) is 5.95 Å². The topological polar surface area (TPSA) is 54.8 Å². The second kappa shape index (κ2) is 7.62. The van der Waals surface area contributed by atoms with Gasteiger partial charge in [-0.15, -0.1) is 5.10 Å². The average molecular weight is 361 g/mol. The zero-order chi connectivity index (χ0) is 17.8. The van der Waals surface area contributed by atoms with Crippen LogP contribution in [0.1, 0.15) is 11.1 Å². The summed E-state index contributed by atoms with van der Waals surface area (Å²) in [6.07, 6.45) is 3.38. The third-order valence-electron chi connectivity index (χ3n) is 3.42. The van der Waals surface area contributed by atoms with Gasteiger partial charge in [0.2, 0.25) is 5.95 Å². The van der Waals surface area contributed by atoms with E-state index in [-0.39, 0.29) is 5.69 Å². The van der Waals surface area contributed by atoms with Gasteiger partial charge in [-0.3, -0.25) is 4.72 Å². The highest BCUT2D eigenvalue weighted by Crippen LogP contribution is 2.19. The molecule has 0 saturated heterocycles. The maximum atomic E-state index is 13.3. The van der Waals surface area contributed by atoms with Crippen molar-refractivity contribution in [2.75, 3.05) is 11.6 Å². The third kappa shape index (κ3) is 4.55. The van der Waals surface area contributed by atoms with E-state index < -0.39 is 11.6 Å². The number of aromatic nitrogens is 3. The Hall–Kier alpha value is -2.45. The molecule has 0 amide bonds. The van der Waals surface area contributed by atoms with E-state index >= 15 is 0 Å². The summed E-state index contributed by atoms with van der Waals surface area (Å²) >= 11 is 1.56. The fourth-order valence-corrected chi connectivity index (χ4v) is 2.75. The Balaban J connectivity index is 1.80. The highest BCUT2D eigenvalue weighted by atomic mass is 32.2. The van der Waals surface area contributed by atoms with Gasteiger partial charge < -0.3 is 5.32 Å². The lowest BCUT2D eigenvalue weighted by Crippen LogP contribution is -2.03. The molecule has 0 atom stereocenters. The number of halogens is 2. The average Bonchev–Trinajstić information content (AvgIpc) is 3.00. The van der Waals surface area contributed by atoms with Crippen molar-refractivity contribution in [1.29, 1.82) is 0 Å². The van der Waals surface area contributed by atoms with Crippen LogP contribution in [-0.4, -0.2) is 21.0 Å². The first-order chi connectivity index (χ1) is 12.0. The molecule has 3 aromatic rings. The molecule has 3 rings (SSSR count). The SMILES string of the molecule is CSNCc1cc(C)cc(Nc2ncn(-c3cc(F)cc(F)c3)n2)c1. The van der Waals surface area contributed by atoms with Crippen molar-refractivity contribution >= 4 is 23.6 Å². The molecule has 0 aliphatic rings. The Morgan fingerprint density at radius 3 is 2.56 bits per heavy atom. The van der Waals surface area contributed by atoms with Crippen LogP contribution in [0.25, 0.3) is 5.69 Å². The molecule has 0 unspecified atom stereocenters. The monoisotopic (exact) mass is 361 g/mol. The van der Waals surface area contributed by atoms with E-state index in [1.807, 2.05) is 25.3 Å². The van der Waals surface area contributed by atoms with Crippen molar-refractivity contribution in [3.63, 3.8) is 0 Å². The van der Waals surface area contributed by atoms with Crippen molar-refractivity contribution in [3.05, 3.63) is 65.5 Å². The maximum Gasteiger partial charge on any atom is 0.246 e. The van der Waals surface area contributed by atoms with Crippen LogP contribution in [0.2, 0.25) is 0 Å². The van der Waals surface area contributed by atoms with E-state index in [1.54, 1.807) is 11.9 Å². The van der Waals surface area contributed by atoms with Gasteiger partial charge in [0.15, 0.2) is 0 Å². The van der Waals surface area contributed by atoms with Crippen LogP contribution in [0.3, 0.4) is 0 Å². The number of rotatable bonds is 6. The van der Waals surface area contributed by atoms with Gasteiger partial charge in [-0.1, -0.05) is 18.0 Å². The lowest BCUT2D eigenvalue weighted by molar-refractivity contribution is 0.580. The lowest BCUT2D eigenvalue weighted by atomic mass is 10.1. The van der Waals surface area contributed by atoms with Crippen molar-refractivity contribution in [2.45, 2.75) is 13.5 Å². The second-order valence-corrected chi connectivity index (χ2v) is 6.19. The largest absolute Gasteiger partial charge is 0.323 e. The van der Waals surface area contributed by atoms with E-state index in [2.05, 4.69) is 26.2 Å². The molecule has 5 nitrogen and oxygen atoms in total. The molecule has 2 aromatic carbocycles. The van der Waals surface area contributed by atoms with Crippen LogP contribution in [-0.2, 0) is 6.54 Å². The molecule has 0 spiro atoms. The molecule has 0 aliphatic heterocycles. The number of benzene rings is 2. The summed E-state index contributed by atoms with van der Waals surface area (Å²) in [6, 6.07) is 9.27. The van der Waals surface area contributed by atoms with E-state index in [9.17, 15) is 8.78 Å². The Morgan fingerprint density at radius 2 is 1.84 bits per heavy atom. The van der Waals surface area contributed by atoms with Crippen LogP contribution >= 0.6 is 11.9 Å². The second-order valence-electron chi connectivity index (χ2n) is 5.50. The zero-order valence-corrected chi connectivity index (χ0v) is 14.6. The minimum absolute atomic E-state index is 0.271. The predicted octanol–water partition coefficient (Wildman–Crippen LogP) is 3.97. The van der Waals surface area contributed by atoms with Crippen molar-refractivity contribution in [3.8, 4) is 5.69 Å². The van der Waals surface area contributed by atoms with Crippen LogP contribution < -0.4 is 10.0 Å². The van der Waals surface area contributed by atoms with E-state index in [1.165, 1.54) is 23.1 Å². The van der Waals surface area contributed by atoms with Crippen molar-refractivity contribution in [1.82, 2.24) is 19.5 Å². The van der Waals surface area contributed by atoms with Gasteiger partial charge in [0.05, 0.1) is 5.69 Å². The lowest BCUT2D eigenvalue weighted by Gasteiger charge is -2.08. The Bertz CT molecular complexity index is 861. The van der Waals surface area contributed by atoms with Crippen LogP contribution in [0.5, 0.6) is 0 Å². The quantitative estimate of drug-likeness (QED) is 0.651. The standard InChI is InChI=1S/C17H17F2N5S/c1-11-3-12(9-21-25-2)5-15(4-11)22-17-20-10-24(23-17)16-7-13(18)6-14(19)8-16/h3-8,10,21H,9H2,1-2H3,(H,22,23). The molecule has 25 heavy (non-hydrogen) atoms. The summed E-state index contributed by atoms with van der Waals surface area (Å²) in [5.41, 5.74) is 3.35. The molecule has 0 bridgehead atoms. The zero-order valence-electron chi connectivity index (χ0n) is 13.8. The first kappa shape index (κ1) is 17.4. The summed E-state index contributed by atoms with van der Waals surface area (Å²) in [5.74, 6) is -0.978. The smallest absolute Gasteiger partial charge is 0.246 e. The first-order valence-corrected chi connectivity index (χ1v) is 8.77. The van der Waals surface area contributed by atoms with Gasteiger partial charge in [0.25, 0.3) is 0 Å². The van der Waals surface area contributed by atoms with E-state index in [4.69, 9.17) is 0 Å². The van der Waals surface area contributed by atoms with Gasteiger partial charge in [0.1, 0.15) is 18.0 Å². The fourth-order valence-electron chi connectivity index (χ4n) is 2.44. The molecule has 0 aliphatic carbocycles. The number of nitrogens with zero attached hydrogens (tertiary/aromatic N) is 3. The predicted molar refractivity (Wildman–Crippen MR) is 96.1 cm³/mol. The number of anilines is 2. The highest BCUT2D eigenvalue weighted by Gasteiger charge is 2.07. The molecule has 1 aromatic heterocycles. The van der Waals surface area contributed by atoms with Crippen LogP contribution in [0.15, 0.2) is 42.7 Å². The number of aryl methyl sites for hydroxylation is 1. The minimum atomic E-state index is -0.662. The molecule has 0 saturated carbocycles. The normalized spacial score (nSPS) is 10.9. The first-order valence-electron chi connectivity index (χ1n) is 7.55. The molecule has 1 heterocycles. The van der Waals surface area contributed by atoms with Gasteiger partial charge >= 0.3 is 0 Å². The highest BCUT2D eigenvalue weighted by molar-refractivity contribution is 7.96. The van der Waals surface area contributed by atoms with Gasteiger partial charge in [-0.25, -0.2) is 13.5 Å². The van der Waals surface area contributed by atoms with Gasteiger partial charge in [-0.2, -0.15) is 4.98 Å². The Morgan fingerprint density at radius 1 is 1.08 bits per heavy atom.